The van der Waals surface area contributed by atoms with Crippen LogP contribution in [-0.4, -0.2) is 30.2 Å². The number of thioether (sulfide) groups is 1. The van der Waals surface area contributed by atoms with Crippen LogP contribution in [0.5, 0.6) is 0 Å². The molecular formula is C23H23N5O4S2. The molecule has 34 heavy (non-hydrogen) atoms. The molecule has 0 fully saturated rings. The highest BCUT2D eigenvalue weighted by atomic mass is 32.2. The van der Waals surface area contributed by atoms with Crippen molar-refractivity contribution in [2.75, 3.05) is 15.8 Å². The molecule has 0 bridgehead atoms. The predicted octanol–water partition coefficient (Wildman–Crippen LogP) is 4.05. The first-order chi connectivity index (χ1) is 16.3. The van der Waals surface area contributed by atoms with Crippen LogP contribution in [0, 0.1) is 18.3 Å². The fourth-order valence-corrected chi connectivity index (χ4v) is 5.50. The van der Waals surface area contributed by atoms with Crippen LogP contribution in [0.25, 0.3) is 0 Å². The van der Waals surface area contributed by atoms with Crippen molar-refractivity contribution < 1.29 is 17.7 Å². The van der Waals surface area contributed by atoms with Gasteiger partial charge in [-0.3, -0.25) is 9.52 Å². The average Bonchev–Trinajstić information content (AvgIpc) is 3.22. The van der Waals surface area contributed by atoms with Crippen molar-refractivity contribution in [1.29, 1.82) is 5.26 Å². The molecule has 0 saturated heterocycles. The minimum Gasteiger partial charge on any atom is -0.360 e. The number of nitrogens with zero attached hydrogens (tertiary/aromatic N) is 3. The fraction of sp³-hybridized carbons (Fsp3) is 0.304. The molecule has 176 valence electrons. The van der Waals surface area contributed by atoms with Gasteiger partial charge in [-0.1, -0.05) is 5.16 Å². The van der Waals surface area contributed by atoms with Gasteiger partial charge in [-0.25, -0.2) is 13.4 Å². The van der Waals surface area contributed by atoms with Crippen molar-refractivity contribution in [3.63, 3.8) is 0 Å². The number of aromatic nitrogens is 2. The van der Waals surface area contributed by atoms with Crippen LogP contribution in [-0.2, 0) is 27.7 Å². The lowest BCUT2D eigenvalue weighted by molar-refractivity contribution is -0.115. The number of rotatable bonds is 8. The zero-order valence-corrected chi connectivity index (χ0v) is 20.1. The van der Waals surface area contributed by atoms with Crippen LogP contribution >= 0.6 is 11.8 Å². The lowest BCUT2D eigenvalue weighted by atomic mass is 9.95. The van der Waals surface area contributed by atoms with Gasteiger partial charge in [-0.05, 0) is 68.5 Å². The number of hydrogen-bond acceptors (Lipinski definition) is 8. The number of sulfonamides is 1. The Morgan fingerprint density at radius 2 is 1.97 bits per heavy atom. The number of carbonyl (C=O) groups is 1. The monoisotopic (exact) mass is 497 g/mol. The smallest absolute Gasteiger partial charge is 0.263 e. The molecule has 0 spiro atoms. The Labute approximate surface area is 202 Å². The molecule has 2 heterocycles. The van der Waals surface area contributed by atoms with Gasteiger partial charge in [0.2, 0.25) is 5.91 Å². The van der Waals surface area contributed by atoms with E-state index >= 15 is 0 Å². The third-order valence-corrected chi connectivity index (χ3v) is 7.63. The van der Waals surface area contributed by atoms with E-state index in [1.165, 1.54) is 42.1 Å². The van der Waals surface area contributed by atoms with Crippen molar-refractivity contribution >= 4 is 39.2 Å². The van der Waals surface area contributed by atoms with Gasteiger partial charge in [-0.2, -0.15) is 5.26 Å². The number of carbonyl (C=O) groups excluding carboxylic acids is 1. The van der Waals surface area contributed by atoms with Gasteiger partial charge in [0.05, 0.1) is 10.5 Å². The molecule has 0 atom stereocenters. The summed E-state index contributed by atoms with van der Waals surface area (Å²) in [5.41, 5.74) is 3.25. The second kappa shape index (κ2) is 10.3. The van der Waals surface area contributed by atoms with Crippen LogP contribution in [0.4, 0.5) is 11.5 Å². The molecule has 1 amide bonds. The molecule has 0 radical (unpaired) electrons. The lowest BCUT2D eigenvalue weighted by Gasteiger charge is -2.16. The van der Waals surface area contributed by atoms with Crippen molar-refractivity contribution in [3.8, 4) is 6.07 Å². The molecular weight excluding hydrogens is 474 g/mol. The normalized spacial score (nSPS) is 13.1. The quantitative estimate of drug-likeness (QED) is 0.445. The van der Waals surface area contributed by atoms with Crippen LogP contribution in [0.15, 0.2) is 50.8 Å². The minimum absolute atomic E-state index is 0.0317. The number of fused-ring (bicyclic) bond motifs is 1. The summed E-state index contributed by atoms with van der Waals surface area (Å²) < 4.78 is 32.1. The highest BCUT2D eigenvalue weighted by Crippen LogP contribution is 2.28. The van der Waals surface area contributed by atoms with E-state index < -0.39 is 10.0 Å². The summed E-state index contributed by atoms with van der Waals surface area (Å²) in [6.45, 7) is 1.66. The summed E-state index contributed by atoms with van der Waals surface area (Å²) in [7, 11) is -3.83. The first kappa shape index (κ1) is 23.8. The van der Waals surface area contributed by atoms with Crippen LogP contribution < -0.4 is 10.0 Å². The summed E-state index contributed by atoms with van der Waals surface area (Å²) >= 11 is 1.40. The highest BCUT2D eigenvalue weighted by Gasteiger charge is 2.17. The number of hydrogen-bond donors (Lipinski definition) is 2. The summed E-state index contributed by atoms with van der Waals surface area (Å²) in [6.07, 6.45) is 4.34. The Hall–Kier alpha value is -3.36. The first-order valence-electron chi connectivity index (χ1n) is 10.8. The topological polar surface area (TPSA) is 138 Å². The minimum atomic E-state index is -3.83. The number of benzene rings is 1. The van der Waals surface area contributed by atoms with Crippen LogP contribution in [0.2, 0.25) is 0 Å². The van der Waals surface area contributed by atoms with Gasteiger partial charge >= 0.3 is 0 Å². The maximum atomic E-state index is 12.5. The van der Waals surface area contributed by atoms with Gasteiger partial charge < -0.3 is 9.84 Å². The zero-order valence-electron chi connectivity index (χ0n) is 18.5. The number of aryl methyl sites for hydroxylation is 3. The fourth-order valence-electron chi connectivity index (χ4n) is 3.60. The number of anilines is 2. The average molecular weight is 498 g/mol. The Morgan fingerprint density at radius 3 is 2.68 bits per heavy atom. The number of nitriles is 1. The van der Waals surface area contributed by atoms with E-state index in [4.69, 9.17) is 4.52 Å². The summed E-state index contributed by atoms with van der Waals surface area (Å²) in [5, 5.41) is 16.5. The Bertz CT molecular complexity index is 1340. The molecule has 9 nitrogen and oxygen atoms in total. The molecule has 11 heteroatoms. The molecule has 1 aliphatic rings. The predicted molar refractivity (Wildman–Crippen MR) is 128 cm³/mol. The molecule has 2 N–H and O–H groups in total. The standard InChI is InChI=1S/C23H23N5O4S2/c1-15-12-21(27-32-15)28-34(30,31)19-8-6-18(7-9-19)25-22(29)10-11-33-23-17(14-24)13-16-4-2-3-5-20(16)26-23/h6-9,12-13H,2-5,10-11H2,1H3,(H,25,29)(H,27,28). The van der Waals surface area contributed by atoms with E-state index in [-0.39, 0.29) is 23.0 Å². The second-order valence-electron chi connectivity index (χ2n) is 7.87. The molecule has 4 rings (SSSR count). The summed E-state index contributed by atoms with van der Waals surface area (Å²) in [6, 6.07) is 11.5. The van der Waals surface area contributed by atoms with Gasteiger partial charge in [0, 0.05) is 29.6 Å². The van der Waals surface area contributed by atoms with Crippen LogP contribution in [0.1, 0.15) is 41.8 Å². The van der Waals surface area contributed by atoms with Crippen molar-refractivity contribution in [2.45, 2.75) is 48.9 Å². The molecule has 2 aromatic heterocycles. The van der Waals surface area contributed by atoms with E-state index in [2.05, 4.69) is 26.2 Å². The highest BCUT2D eigenvalue weighted by molar-refractivity contribution is 7.99. The van der Waals surface area contributed by atoms with Gasteiger partial charge in [0.1, 0.15) is 16.9 Å². The largest absolute Gasteiger partial charge is 0.360 e. The SMILES string of the molecule is Cc1cc(NS(=O)(=O)c2ccc(NC(=O)CCSc3nc4c(cc3C#N)CCCC4)cc2)no1. The number of amides is 1. The van der Waals surface area contributed by atoms with E-state index in [0.29, 0.717) is 27.8 Å². The van der Waals surface area contributed by atoms with Crippen molar-refractivity contribution in [3.05, 3.63) is 59.0 Å². The van der Waals surface area contributed by atoms with Gasteiger partial charge in [-0.15, -0.1) is 11.8 Å². The zero-order chi connectivity index (χ0) is 24.1. The third-order valence-electron chi connectivity index (χ3n) is 5.27. The molecule has 0 unspecified atom stereocenters. The van der Waals surface area contributed by atoms with E-state index in [0.717, 1.165) is 36.9 Å². The van der Waals surface area contributed by atoms with Crippen molar-refractivity contribution in [1.82, 2.24) is 10.1 Å². The van der Waals surface area contributed by atoms with Gasteiger partial charge in [0.15, 0.2) is 5.82 Å². The van der Waals surface area contributed by atoms with Crippen molar-refractivity contribution in [2.24, 2.45) is 0 Å². The second-order valence-corrected chi connectivity index (χ2v) is 10.6. The number of nitrogens with one attached hydrogen (secondary N) is 2. The molecule has 0 saturated carbocycles. The Morgan fingerprint density at radius 1 is 1.21 bits per heavy atom. The Kier molecular flexibility index (Phi) is 7.19. The van der Waals surface area contributed by atoms with E-state index in [1.54, 1.807) is 6.92 Å². The Balaban J connectivity index is 1.31. The number of pyridine rings is 1. The first-order valence-corrected chi connectivity index (χ1v) is 13.2. The lowest BCUT2D eigenvalue weighted by Crippen LogP contribution is -2.14. The third kappa shape index (κ3) is 5.76. The van der Waals surface area contributed by atoms with Crippen LogP contribution in [0.3, 0.4) is 0 Å². The molecule has 1 aromatic carbocycles. The molecule has 3 aromatic rings. The summed E-state index contributed by atoms with van der Waals surface area (Å²) in [5.74, 6) is 0.844. The van der Waals surface area contributed by atoms with E-state index in [1.807, 2.05) is 6.07 Å². The summed E-state index contributed by atoms with van der Waals surface area (Å²) in [4.78, 5) is 17.1. The van der Waals surface area contributed by atoms with Gasteiger partial charge in [0.25, 0.3) is 10.0 Å². The molecule has 0 aliphatic heterocycles. The maximum absolute atomic E-state index is 12.5. The maximum Gasteiger partial charge on any atom is 0.263 e. The molecule has 1 aliphatic carbocycles. The van der Waals surface area contributed by atoms with E-state index in [9.17, 15) is 18.5 Å².